The van der Waals surface area contributed by atoms with E-state index in [0.717, 1.165) is 13.0 Å². The van der Waals surface area contributed by atoms with E-state index in [1.54, 1.807) is 0 Å². The summed E-state index contributed by atoms with van der Waals surface area (Å²) >= 11 is 3.57. The van der Waals surface area contributed by atoms with Gasteiger partial charge in [0, 0.05) is 24.0 Å². The molecule has 2 rings (SSSR count). The Morgan fingerprint density at radius 1 is 1.75 bits per heavy atom. The quantitative estimate of drug-likeness (QED) is 0.435. The summed E-state index contributed by atoms with van der Waals surface area (Å²) < 4.78 is 6.69. The Morgan fingerprint density at radius 3 is 3.25 bits per heavy atom. The van der Waals surface area contributed by atoms with Gasteiger partial charge in [-0.2, -0.15) is 0 Å². The molecule has 0 aliphatic carbocycles. The van der Waals surface area contributed by atoms with Crippen molar-refractivity contribution >= 4 is 21.9 Å². The summed E-state index contributed by atoms with van der Waals surface area (Å²) in [4.78, 5) is 14.1. The molecular weight excluding hydrogens is 332 g/mol. The normalized spacial score (nSPS) is 24.5. The van der Waals surface area contributed by atoms with Crippen LogP contribution >= 0.6 is 15.9 Å². The Kier molecular flexibility index (Phi) is 5.46. The molecule has 1 aliphatic rings. The fraction of sp³-hybridized carbons (Fsp3) is 0.727. The summed E-state index contributed by atoms with van der Waals surface area (Å²) in [5, 5.41) is 23.9. The second-order valence-electron chi connectivity index (χ2n) is 4.68. The van der Waals surface area contributed by atoms with Gasteiger partial charge in [0.15, 0.2) is 0 Å². The molecule has 8 nitrogen and oxygen atoms in total. The lowest BCUT2D eigenvalue weighted by atomic mass is 10.1. The van der Waals surface area contributed by atoms with Crippen molar-refractivity contribution in [2.24, 2.45) is 0 Å². The molecule has 1 saturated heterocycles. The fourth-order valence-electron chi connectivity index (χ4n) is 2.09. The Balaban J connectivity index is 1.81. The number of imidazole rings is 1. The molecule has 0 amide bonds. The van der Waals surface area contributed by atoms with Crippen molar-refractivity contribution < 1.29 is 14.8 Å². The van der Waals surface area contributed by atoms with E-state index in [0.29, 0.717) is 18.0 Å². The van der Waals surface area contributed by atoms with Crippen LogP contribution in [0.4, 0.5) is 5.95 Å². The molecule has 0 bridgehead atoms. The van der Waals surface area contributed by atoms with Crippen molar-refractivity contribution in [3.63, 3.8) is 0 Å². The fourth-order valence-corrected chi connectivity index (χ4v) is 2.62. The van der Waals surface area contributed by atoms with Crippen LogP contribution in [0.5, 0.6) is 0 Å². The lowest BCUT2D eigenvalue weighted by Crippen LogP contribution is -2.47. The number of aliphatic hydroxyl groups excluding tert-OH is 1. The van der Waals surface area contributed by atoms with Crippen LogP contribution < -0.4 is 5.32 Å². The lowest BCUT2D eigenvalue weighted by Gasteiger charge is -2.29. The monoisotopic (exact) mass is 348 g/mol. The van der Waals surface area contributed by atoms with Gasteiger partial charge in [0.05, 0.1) is 19.3 Å². The van der Waals surface area contributed by atoms with E-state index in [9.17, 15) is 15.2 Å². The van der Waals surface area contributed by atoms with Gasteiger partial charge in [-0.3, -0.25) is 0 Å². The molecule has 0 saturated carbocycles. The van der Waals surface area contributed by atoms with Gasteiger partial charge >= 0.3 is 5.95 Å². The molecule has 3 atom stereocenters. The number of alkyl halides is 1. The van der Waals surface area contributed by atoms with Crippen LogP contribution in [0, 0.1) is 10.1 Å². The first-order valence-electron chi connectivity index (χ1n) is 6.36. The van der Waals surface area contributed by atoms with Gasteiger partial charge in [-0.15, -0.1) is 0 Å². The highest BCUT2D eigenvalue weighted by molar-refractivity contribution is 9.09. The molecule has 20 heavy (non-hydrogen) atoms. The molecule has 0 spiro atoms. The smallest absolute Gasteiger partial charge is 0.390 e. The highest BCUT2D eigenvalue weighted by Gasteiger charge is 2.24. The predicted octanol–water partition coefficient (Wildman–Crippen LogP) is 0.294. The molecule has 2 heterocycles. The molecule has 1 aromatic heterocycles. The first kappa shape index (κ1) is 15.4. The van der Waals surface area contributed by atoms with Crippen molar-refractivity contribution in [1.82, 2.24) is 14.9 Å². The Bertz CT molecular complexity index is 455. The summed E-state index contributed by atoms with van der Waals surface area (Å²) in [6.45, 7) is 1.79. The van der Waals surface area contributed by atoms with Gasteiger partial charge in [0.2, 0.25) is 0 Å². The number of nitrogens with one attached hydrogen (secondary N) is 1. The second-order valence-corrected chi connectivity index (χ2v) is 5.86. The van der Waals surface area contributed by atoms with Crippen LogP contribution in [-0.2, 0) is 11.3 Å². The minimum Gasteiger partial charge on any atom is -0.390 e. The van der Waals surface area contributed by atoms with E-state index in [-0.39, 0.29) is 18.5 Å². The molecule has 1 aliphatic heterocycles. The number of hydrogen-bond acceptors (Lipinski definition) is 6. The van der Waals surface area contributed by atoms with Crippen molar-refractivity contribution in [3.8, 4) is 0 Å². The summed E-state index contributed by atoms with van der Waals surface area (Å²) in [7, 11) is 0. The minimum atomic E-state index is -0.732. The van der Waals surface area contributed by atoms with E-state index >= 15 is 0 Å². The van der Waals surface area contributed by atoms with Crippen LogP contribution in [0.3, 0.4) is 0 Å². The van der Waals surface area contributed by atoms with Gasteiger partial charge in [0.25, 0.3) is 0 Å². The van der Waals surface area contributed by atoms with E-state index in [1.165, 1.54) is 17.0 Å². The number of aromatic nitrogens is 2. The van der Waals surface area contributed by atoms with Crippen molar-refractivity contribution in [2.75, 3.05) is 19.8 Å². The molecule has 9 heteroatoms. The number of nitrogens with zero attached hydrogens (tertiary/aromatic N) is 3. The molecule has 1 fully saturated rings. The third kappa shape index (κ3) is 3.98. The number of nitro groups is 1. The van der Waals surface area contributed by atoms with Crippen LogP contribution in [0.1, 0.15) is 6.42 Å². The molecule has 0 radical (unpaired) electrons. The van der Waals surface area contributed by atoms with Crippen LogP contribution in [0.25, 0.3) is 0 Å². The Morgan fingerprint density at radius 2 is 2.55 bits per heavy atom. The molecule has 2 N–H and O–H groups in total. The highest BCUT2D eigenvalue weighted by Crippen LogP contribution is 2.16. The van der Waals surface area contributed by atoms with Crippen molar-refractivity contribution in [1.29, 1.82) is 0 Å². The van der Waals surface area contributed by atoms with Crippen molar-refractivity contribution in [3.05, 3.63) is 22.5 Å². The molecular formula is C11H17BrN4O4. The third-order valence-electron chi connectivity index (χ3n) is 3.15. The maximum absolute atomic E-state index is 10.7. The lowest BCUT2D eigenvalue weighted by molar-refractivity contribution is -0.397. The van der Waals surface area contributed by atoms with Crippen molar-refractivity contribution in [2.45, 2.75) is 29.9 Å². The minimum absolute atomic E-state index is 0.129. The zero-order valence-electron chi connectivity index (χ0n) is 10.8. The topological polar surface area (TPSA) is 102 Å². The van der Waals surface area contributed by atoms with Gasteiger partial charge in [-0.25, -0.2) is 4.57 Å². The van der Waals surface area contributed by atoms with E-state index in [2.05, 4.69) is 26.2 Å². The summed E-state index contributed by atoms with van der Waals surface area (Å²) in [5.74, 6) is -0.261. The zero-order chi connectivity index (χ0) is 14.5. The molecule has 1 unspecified atom stereocenters. The van der Waals surface area contributed by atoms with Crippen LogP contribution in [0.2, 0.25) is 0 Å². The standard InChI is InChI=1S/C11H17BrN4O4/c12-9-1-4-20-7-10(9)14-5-8(17)6-15-3-2-13-11(15)16(18)19/h2-3,8-10,14,17H,1,4-7H2/t8?,9-,10-/m1/s1. The number of rotatable bonds is 6. The second kappa shape index (κ2) is 7.11. The summed E-state index contributed by atoms with van der Waals surface area (Å²) in [5.41, 5.74) is 0. The number of aliphatic hydroxyl groups is 1. The maximum Gasteiger partial charge on any atom is 0.434 e. The first-order valence-corrected chi connectivity index (χ1v) is 7.28. The van der Waals surface area contributed by atoms with Gasteiger partial charge < -0.3 is 25.3 Å². The number of halogens is 1. The maximum atomic E-state index is 10.7. The van der Waals surface area contributed by atoms with Gasteiger partial charge in [-0.05, 0) is 11.3 Å². The van der Waals surface area contributed by atoms with Crippen LogP contribution in [-0.4, -0.2) is 56.3 Å². The SMILES string of the molecule is O=[N+]([O-])c1nccn1CC(O)CN[C@@H]1COCC[C@H]1Br. The van der Waals surface area contributed by atoms with Crippen LogP contribution in [0.15, 0.2) is 12.4 Å². The summed E-state index contributed by atoms with van der Waals surface area (Å²) in [6, 6.07) is 0.135. The Hall–Kier alpha value is -1.03. The van der Waals surface area contributed by atoms with E-state index in [1.807, 2.05) is 0 Å². The average Bonchev–Trinajstić information content (AvgIpc) is 2.86. The zero-order valence-corrected chi connectivity index (χ0v) is 12.4. The number of ether oxygens (including phenoxy) is 1. The molecule has 0 aromatic carbocycles. The number of hydrogen-bond donors (Lipinski definition) is 2. The molecule has 1 aromatic rings. The average molecular weight is 349 g/mol. The summed E-state index contributed by atoms with van der Waals surface area (Å²) in [6.07, 6.45) is 3.02. The first-order chi connectivity index (χ1) is 9.58. The predicted molar refractivity (Wildman–Crippen MR) is 74.8 cm³/mol. The highest BCUT2D eigenvalue weighted by atomic mass is 79.9. The van der Waals surface area contributed by atoms with Gasteiger partial charge in [0.1, 0.15) is 12.4 Å². The van der Waals surface area contributed by atoms with E-state index in [4.69, 9.17) is 4.74 Å². The van der Waals surface area contributed by atoms with Gasteiger partial charge in [-0.1, -0.05) is 20.9 Å². The third-order valence-corrected chi connectivity index (χ3v) is 4.25. The Labute approximate surface area is 124 Å². The molecule has 112 valence electrons. The van der Waals surface area contributed by atoms with E-state index < -0.39 is 11.0 Å². The largest absolute Gasteiger partial charge is 0.434 e.